The molecule has 1 fully saturated rings. The van der Waals surface area contributed by atoms with Gasteiger partial charge < -0.3 is 19.7 Å². The van der Waals surface area contributed by atoms with Gasteiger partial charge in [-0.25, -0.2) is 9.97 Å². The molecule has 154 valence electrons. The smallest absolute Gasteiger partial charge is 0.225 e. The van der Waals surface area contributed by atoms with Crippen LogP contribution in [0.1, 0.15) is 38.3 Å². The summed E-state index contributed by atoms with van der Waals surface area (Å²) < 4.78 is 11.3. The minimum Gasteiger partial charge on any atom is -0.486 e. The van der Waals surface area contributed by atoms with Gasteiger partial charge in [0.05, 0.1) is 12.0 Å². The van der Waals surface area contributed by atoms with Gasteiger partial charge in [-0.1, -0.05) is 19.9 Å². The van der Waals surface area contributed by atoms with Crippen molar-refractivity contribution in [2.45, 2.75) is 32.7 Å². The van der Waals surface area contributed by atoms with Gasteiger partial charge >= 0.3 is 0 Å². The number of benzene rings is 1. The largest absolute Gasteiger partial charge is 0.486 e. The van der Waals surface area contributed by atoms with Crippen molar-refractivity contribution in [1.29, 1.82) is 0 Å². The second-order valence-electron chi connectivity index (χ2n) is 7.97. The Labute approximate surface area is 171 Å². The van der Waals surface area contributed by atoms with Gasteiger partial charge in [0.2, 0.25) is 11.9 Å². The Morgan fingerprint density at radius 3 is 2.69 bits per heavy atom. The molecule has 7 heteroatoms. The summed E-state index contributed by atoms with van der Waals surface area (Å²) in [6.45, 7) is 6.87. The van der Waals surface area contributed by atoms with Crippen molar-refractivity contribution in [3.63, 3.8) is 0 Å². The fourth-order valence-corrected chi connectivity index (χ4v) is 3.99. The van der Waals surface area contributed by atoms with Gasteiger partial charge in [0.25, 0.3) is 0 Å². The molecular formula is C22H28N4O3. The second kappa shape index (κ2) is 8.68. The van der Waals surface area contributed by atoms with Crippen LogP contribution in [-0.4, -0.2) is 42.2 Å². The summed E-state index contributed by atoms with van der Waals surface area (Å²) in [5.74, 6) is 2.46. The number of anilines is 1. The number of fused-ring (bicyclic) bond motifs is 1. The molecule has 0 aliphatic carbocycles. The average molecular weight is 396 g/mol. The predicted octanol–water partition coefficient (Wildman–Crippen LogP) is 2.98. The summed E-state index contributed by atoms with van der Waals surface area (Å²) in [5, 5.41) is 3.28. The van der Waals surface area contributed by atoms with Crippen molar-refractivity contribution in [1.82, 2.24) is 15.3 Å². The predicted molar refractivity (Wildman–Crippen MR) is 110 cm³/mol. The molecule has 0 unspecified atom stereocenters. The molecule has 2 atom stereocenters. The van der Waals surface area contributed by atoms with E-state index in [9.17, 15) is 4.79 Å². The van der Waals surface area contributed by atoms with E-state index in [0.717, 1.165) is 36.4 Å². The van der Waals surface area contributed by atoms with Crippen molar-refractivity contribution < 1.29 is 14.3 Å². The molecular weight excluding hydrogens is 368 g/mol. The second-order valence-corrected chi connectivity index (χ2v) is 7.97. The third kappa shape index (κ3) is 4.44. The Morgan fingerprint density at radius 2 is 1.93 bits per heavy atom. The van der Waals surface area contributed by atoms with Crippen LogP contribution >= 0.6 is 0 Å². The number of piperidine rings is 1. The molecule has 1 aromatic heterocycles. The van der Waals surface area contributed by atoms with E-state index in [1.165, 1.54) is 0 Å². The van der Waals surface area contributed by atoms with Crippen LogP contribution in [0.2, 0.25) is 0 Å². The molecule has 2 aromatic rings. The third-order valence-electron chi connectivity index (χ3n) is 5.52. The Morgan fingerprint density at radius 1 is 1.17 bits per heavy atom. The lowest BCUT2D eigenvalue weighted by atomic mass is 9.92. The van der Waals surface area contributed by atoms with Crippen molar-refractivity contribution in [3.05, 3.63) is 42.2 Å². The van der Waals surface area contributed by atoms with Gasteiger partial charge in [0.1, 0.15) is 13.2 Å². The summed E-state index contributed by atoms with van der Waals surface area (Å²) >= 11 is 0. The molecule has 2 aliphatic heterocycles. The van der Waals surface area contributed by atoms with E-state index in [2.05, 4.69) is 34.0 Å². The zero-order chi connectivity index (χ0) is 20.2. The molecule has 7 nitrogen and oxygen atoms in total. The summed E-state index contributed by atoms with van der Waals surface area (Å²) in [7, 11) is 0. The Bertz CT molecular complexity index is 843. The van der Waals surface area contributed by atoms with Gasteiger partial charge in [-0.15, -0.1) is 0 Å². The molecule has 29 heavy (non-hydrogen) atoms. The lowest BCUT2D eigenvalue weighted by Gasteiger charge is -2.33. The molecule has 3 heterocycles. The van der Waals surface area contributed by atoms with E-state index >= 15 is 0 Å². The first-order chi connectivity index (χ1) is 14.1. The van der Waals surface area contributed by atoms with Crippen LogP contribution in [0.3, 0.4) is 0 Å². The summed E-state index contributed by atoms with van der Waals surface area (Å²) in [4.78, 5) is 23.9. The van der Waals surface area contributed by atoms with Crippen molar-refractivity contribution >= 4 is 11.9 Å². The molecule has 1 saturated heterocycles. The van der Waals surface area contributed by atoms with Crippen LogP contribution in [0, 0.1) is 11.8 Å². The zero-order valence-corrected chi connectivity index (χ0v) is 17.0. The standard InChI is InChI=1S/C22H28N4O3/c1-15(2)20(16-6-7-18-19(13-16)29-12-11-28-18)25-21(27)17-5-3-10-26(14-17)22-23-8-4-9-24-22/h4,6-9,13,15,17,20H,3,5,10-12,14H2,1-2H3,(H,25,27)/t17-,20-/m0/s1. The number of amides is 1. The van der Waals surface area contributed by atoms with Gasteiger partial charge in [0, 0.05) is 25.5 Å². The number of hydrogen-bond acceptors (Lipinski definition) is 6. The molecule has 0 radical (unpaired) electrons. The summed E-state index contributed by atoms with van der Waals surface area (Å²) in [5.41, 5.74) is 1.04. The van der Waals surface area contributed by atoms with E-state index in [-0.39, 0.29) is 23.8 Å². The molecule has 1 aromatic carbocycles. The van der Waals surface area contributed by atoms with Crippen LogP contribution in [0.25, 0.3) is 0 Å². The van der Waals surface area contributed by atoms with Gasteiger partial charge in [-0.2, -0.15) is 0 Å². The first-order valence-electron chi connectivity index (χ1n) is 10.3. The molecule has 0 saturated carbocycles. The topological polar surface area (TPSA) is 76.6 Å². The van der Waals surface area contributed by atoms with Crippen molar-refractivity contribution in [2.24, 2.45) is 11.8 Å². The third-order valence-corrected chi connectivity index (χ3v) is 5.52. The maximum absolute atomic E-state index is 13.1. The minimum atomic E-state index is -0.0818. The SMILES string of the molecule is CC(C)[C@H](NC(=O)[C@H]1CCCN(c2ncccn2)C1)c1ccc2c(c1)OCCO2. The van der Waals surface area contributed by atoms with Crippen molar-refractivity contribution in [3.8, 4) is 11.5 Å². The highest BCUT2D eigenvalue weighted by Gasteiger charge is 2.30. The van der Waals surface area contributed by atoms with Gasteiger partial charge in [-0.05, 0) is 42.5 Å². The molecule has 1 N–H and O–H groups in total. The number of aromatic nitrogens is 2. The van der Waals surface area contributed by atoms with Crippen LogP contribution < -0.4 is 19.7 Å². The average Bonchev–Trinajstić information content (AvgIpc) is 2.77. The lowest BCUT2D eigenvalue weighted by Crippen LogP contribution is -2.45. The normalized spacial score (nSPS) is 19.7. The van der Waals surface area contributed by atoms with E-state index in [1.54, 1.807) is 18.5 Å². The van der Waals surface area contributed by atoms with E-state index in [0.29, 0.717) is 25.7 Å². The highest BCUT2D eigenvalue weighted by molar-refractivity contribution is 5.80. The monoisotopic (exact) mass is 396 g/mol. The number of nitrogens with zero attached hydrogens (tertiary/aromatic N) is 3. The van der Waals surface area contributed by atoms with E-state index < -0.39 is 0 Å². The highest BCUT2D eigenvalue weighted by atomic mass is 16.6. The molecule has 4 rings (SSSR count). The maximum atomic E-state index is 13.1. The van der Waals surface area contributed by atoms with Crippen molar-refractivity contribution in [2.75, 3.05) is 31.2 Å². The van der Waals surface area contributed by atoms with Crippen LogP contribution in [0.15, 0.2) is 36.7 Å². The van der Waals surface area contributed by atoms with Crippen LogP contribution in [0.5, 0.6) is 11.5 Å². The Kier molecular flexibility index (Phi) is 5.83. The minimum absolute atomic E-state index is 0.0778. The lowest BCUT2D eigenvalue weighted by molar-refractivity contribution is -0.126. The number of ether oxygens (including phenoxy) is 2. The summed E-state index contributed by atoms with van der Waals surface area (Å²) in [6.07, 6.45) is 5.30. The van der Waals surface area contributed by atoms with Crippen LogP contribution in [0.4, 0.5) is 5.95 Å². The fourth-order valence-electron chi connectivity index (χ4n) is 3.99. The van der Waals surface area contributed by atoms with E-state index in [4.69, 9.17) is 9.47 Å². The zero-order valence-electron chi connectivity index (χ0n) is 17.0. The van der Waals surface area contributed by atoms with E-state index in [1.807, 2.05) is 18.2 Å². The molecule has 0 spiro atoms. The van der Waals surface area contributed by atoms with Gasteiger partial charge in [0.15, 0.2) is 11.5 Å². The Balaban J connectivity index is 1.46. The number of hydrogen-bond donors (Lipinski definition) is 1. The Hall–Kier alpha value is -2.83. The number of carbonyl (C=O) groups excluding carboxylic acids is 1. The first-order valence-corrected chi connectivity index (χ1v) is 10.3. The fraction of sp³-hybridized carbons (Fsp3) is 0.500. The highest BCUT2D eigenvalue weighted by Crippen LogP contribution is 2.34. The summed E-state index contributed by atoms with van der Waals surface area (Å²) in [6, 6.07) is 7.66. The maximum Gasteiger partial charge on any atom is 0.225 e. The number of rotatable bonds is 5. The first kappa shape index (κ1) is 19.5. The quantitative estimate of drug-likeness (QED) is 0.837. The molecule has 2 aliphatic rings. The molecule has 1 amide bonds. The molecule has 0 bridgehead atoms. The van der Waals surface area contributed by atoms with Crippen LogP contribution in [-0.2, 0) is 4.79 Å². The van der Waals surface area contributed by atoms with Gasteiger partial charge in [-0.3, -0.25) is 4.79 Å². The number of nitrogens with one attached hydrogen (secondary N) is 1. The number of carbonyl (C=O) groups is 1.